The van der Waals surface area contributed by atoms with Crippen molar-refractivity contribution in [2.75, 3.05) is 25.5 Å². The Bertz CT molecular complexity index is 352. The van der Waals surface area contributed by atoms with Gasteiger partial charge >= 0.3 is 0 Å². The molecule has 3 heteroatoms. The van der Waals surface area contributed by atoms with E-state index in [0.717, 1.165) is 24.7 Å². The molecule has 0 aliphatic heterocycles. The smallest absolute Gasteiger partial charge is 0.125 e. The Morgan fingerprint density at radius 1 is 1.28 bits per heavy atom. The zero-order chi connectivity index (χ0) is 13.5. The van der Waals surface area contributed by atoms with Crippen molar-refractivity contribution in [3.05, 3.63) is 30.1 Å². The zero-order valence-corrected chi connectivity index (χ0v) is 11.9. The Morgan fingerprint density at radius 3 is 2.61 bits per heavy atom. The fraction of sp³-hybridized carbons (Fsp3) is 0.600. The van der Waals surface area contributed by atoms with Gasteiger partial charge in [0.25, 0.3) is 0 Å². The first-order valence-corrected chi connectivity index (χ1v) is 6.68. The average Bonchev–Trinajstić information content (AvgIpc) is 2.28. The molecule has 1 unspecified atom stereocenters. The molecule has 1 atom stereocenters. The summed E-state index contributed by atoms with van der Waals surface area (Å²) >= 11 is 0. The largest absolute Gasteiger partial charge is 0.384 e. The number of rotatable bonds is 7. The SMILES string of the molecule is CC(C)CC(C)N(C)CCNc1cccc(F)c1. The number of likely N-dealkylation sites (N-methyl/N-ethyl adjacent to an activating group) is 1. The second-order valence-corrected chi connectivity index (χ2v) is 5.40. The summed E-state index contributed by atoms with van der Waals surface area (Å²) in [6.07, 6.45) is 1.20. The molecule has 0 bridgehead atoms. The molecule has 1 rings (SSSR count). The van der Waals surface area contributed by atoms with E-state index in [9.17, 15) is 4.39 Å². The summed E-state index contributed by atoms with van der Waals surface area (Å²) in [5.74, 6) is 0.528. The molecule has 0 aromatic heterocycles. The molecule has 18 heavy (non-hydrogen) atoms. The van der Waals surface area contributed by atoms with Gasteiger partial charge in [-0.1, -0.05) is 19.9 Å². The zero-order valence-electron chi connectivity index (χ0n) is 11.9. The first-order valence-electron chi connectivity index (χ1n) is 6.68. The summed E-state index contributed by atoms with van der Waals surface area (Å²) in [5, 5.41) is 3.24. The van der Waals surface area contributed by atoms with Gasteiger partial charge in [0.05, 0.1) is 0 Å². The van der Waals surface area contributed by atoms with Gasteiger partial charge in [0.2, 0.25) is 0 Å². The van der Waals surface area contributed by atoms with Gasteiger partial charge in [0, 0.05) is 24.8 Å². The van der Waals surface area contributed by atoms with Crippen molar-refractivity contribution >= 4 is 5.69 Å². The van der Waals surface area contributed by atoms with E-state index >= 15 is 0 Å². The van der Waals surface area contributed by atoms with E-state index in [1.54, 1.807) is 6.07 Å². The number of halogens is 1. The Hall–Kier alpha value is -1.09. The number of hydrogen-bond acceptors (Lipinski definition) is 2. The van der Waals surface area contributed by atoms with E-state index in [0.29, 0.717) is 6.04 Å². The summed E-state index contributed by atoms with van der Waals surface area (Å²) in [4.78, 5) is 2.34. The molecule has 102 valence electrons. The van der Waals surface area contributed by atoms with E-state index < -0.39 is 0 Å². The quantitative estimate of drug-likeness (QED) is 0.797. The third-order valence-electron chi connectivity index (χ3n) is 3.18. The van der Waals surface area contributed by atoms with Gasteiger partial charge < -0.3 is 10.2 Å². The minimum atomic E-state index is -0.193. The Balaban J connectivity index is 2.29. The van der Waals surface area contributed by atoms with Gasteiger partial charge in [-0.3, -0.25) is 0 Å². The van der Waals surface area contributed by atoms with Crippen molar-refractivity contribution < 1.29 is 4.39 Å². The van der Waals surface area contributed by atoms with Gasteiger partial charge in [-0.15, -0.1) is 0 Å². The molecule has 0 saturated carbocycles. The van der Waals surface area contributed by atoms with Crippen molar-refractivity contribution in [1.82, 2.24) is 4.90 Å². The molecule has 1 aromatic carbocycles. The highest BCUT2D eigenvalue weighted by molar-refractivity contribution is 5.42. The lowest BCUT2D eigenvalue weighted by Gasteiger charge is -2.26. The molecule has 0 spiro atoms. The van der Waals surface area contributed by atoms with Crippen LogP contribution in [0.5, 0.6) is 0 Å². The highest BCUT2D eigenvalue weighted by atomic mass is 19.1. The lowest BCUT2D eigenvalue weighted by Crippen LogP contribution is -2.34. The van der Waals surface area contributed by atoms with Crippen molar-refractivity contribution in [3.63, 3.8) is 0 Å². The molecule has 1 aromatic rings. The van der Waals surface area contributed by atoms with E-state index in [2.05, 4.69) is 38.0 Å². The van der Waals surface area contributed by atoms with Crippen LogP contribution < -0.4 is 5.32 Å². The van der Waals surface area contributed by atoms with E-state index in [-0.39, 0.29) is 5.82 Å². The van der Waals surface area contributed by atoms with Crippen LogP contribution in [0.4, 0.5) is 10.1 Å². The molecule has 0 fully saturated rings. The molecule has 0 aliphatic carbocycles. The molecule has 0 saturated heterocycles. The first kappa shape index (κ1) is 15.0. The fourth-order valence-electron chi connectivity index (χ4n) is 2.06. The summed E-state index contributed by atoms with van der Waals surface area (Å²) < 4.78 is 13.0. The molecule has 2 nitrogen and oxygen atoms in total. The normalized spacial score (nSPS) is 13.1. The van der Waals surface area contributed by atoms with Gasteiger partial charge in [-0.2, -0.15) is 0 Å². The van der Waals surface area contributed by atoms with Crippen LogP contribution in [-0.2, 0) is 0 Å². The van der Waals surface area contributed by atoms with Gasteiger partial charge in [-0.25, -0.2) is 4.39 Å². The predicted octanol–water partition coefficient (Wildman–Crippen LogP) is 3.60. The predicted molar refractivity (Wildman–Crippen MR) is 76.4 cm³/mol. The average molecular weight is 252 g/mol. The van der Waals surface area contributed by atoms with Crippen molar-refractivity contribution in [1.29, 1.82) is 0 Å². The summed E-state index contributed by atoms with van der Waals surface area (Å²) in [6, 6.07) is 7.18. The lowest BCUT2D eigenvalue weighted by atomic mass is 10.0. The summed E-state index contributed by atoms with van der Waals surface area (Å²) in [7, 11) is 2.14. The third kappa shape index (κ3) is 5.50. The van der Waals surface area contributed by atoms with Gasteiger partial charge in [0.1, 0.15) is 5.82 Å². The molecule has 0 aliphatic rings. The van der Waals surface area contributed by atoms with E-state index in [1.165, 1.54) is 18.6 Å². The highest BCUT2D eigenvalue weighted by Crippen LogP contribution is 2.10. The summed E-state index contributed by atoms with van der Waals surface area (Å²) in [5.41, 5.74) is 0.847. The molecule has 0 heterocycles. The van der Waals surface area contributed by atoms with Crippen LogP contribution in [0, 0.1) is 11.7 Å². The Morgan fingerprint density at radius 2 is 2.00 bits per heavy atom. The molecule has 0 radical (unpaired) electrons. The number of nitrogens with one attached hydrogen (secondary N) is 1. The van der Waals surface area contributed by atoms with Crippen LogP contribution in [0.25, 0.3) is 0 Å². The Kier molecular flexibility index (Phi) is 6.13. The summed E-state index contributed by atoms with van der Waals surface area (Å²) in [6.45, 7) is 8.54. The minimum absolute atomic E-state index is 0.193. The number of anilines is 1. The minimum Gasteiger partial charge on any atom is -0.384 e. The maximum absolute atomic E-state index is 13.0. The van der Waals surface area contributed by atoms with Crippen molar-refractivity contribution in [2.24, 2.45) is 5.92 Å². The standard InChI is InChI=1S/C15H25FN2/c1-12(2)10-13(3)18(4)9-8-17-15-7-5-6-14(16)11-15/h5-7,11-13,17H,8-10H2,1-4H3. The lowest BCUT2D eigenvalue weighted by molar-refractivity contribution is 0.236. The van der Waals surface area contributed by atoms with E-state index in [1.807, 2.05) is 6.07 Å². The van der Waals surface area contributed by atoms with Crippen LogP contribution in [0.15, 0.2) is 24.3 Å². The first-order chi connectivity index (χ1) is 8.49. The van der Waals surface area contributed by atoms with Crippen molar-refractivity contribution in [2.45, 2.75) is 33.2 Å². The second-order valence-electron chi connectivity index (χ2n) is 5.40. The van der Waals surface area contributed by atoms with Crippen molar-refractivity contribution in [3.8, 4) is 0 Å². The monoisotopic (exact) mass is 252 g/mol. The molecular weight excluding hydrogens is 227 g/mol. The highest BCUT2D eigenvalue weighted by Gasteiger charge is 2.10. The maximum atomic E-state index is 13.0. The number of benzene rings is 1. The third-order valence-corrected chi connectivity index (χ3v) is 3.18. The number of nitrogens with zero attached hydrogens (tertiary/aromatic N) is 1. The molecule has 0 amide bonds. The number of hydrogen-bond donors (Lipinski definition) is 1. The maximum Gasteiger partial charge on any atom is 0.125 e. The van der Waals surface area contributed by atoms with E-state index in [4.69, 9.17) is 0 Å². The van der Waals surface area contributed by atoms with Crippen LogP contribution in [0.3, 0.4) is 0 Å². The molecule has 1 N–H and O–H groups in total. The van der Waals surface area contributed by atoms with Crippen LogP contribution in [-0.4, -0.2) is 31.1 Å². The molecular formula is C15H25FN2. The van der Waals surface area contributed by atoms with Crippen LogP contribution in [0.2, 0.25) is 0 Å². The van der Waals surface area contributed by atoms with Crippen LogP contribution in [0.1, 0.15) is 27.2 Å². The van der Waals surface area contributed by atoms with Gasteiger partial charge in [-0.05, 0) is 44.5 Å². The Labute approximate surface area is 110 Å². The van der Waals surface area contributed by atoms with Crippen LogP contribution >= 0.6 is 0 Å². The van der Waals surface area contributed by atoms with Gasteiger partial charge in [0.15, 0.2) is 0 Å². The topological polar surface area (TPSA) is 15.3 Å². The fourth-order valence-corrected chi connectivity index (χ4v) is 2.06. The second kappa shape index (κ2) is 7.37.